The third kappa shape index (κ3) is 1.18. The van der Waals surface area contributed by atoms with Gasteiger partial charge in [0.2, 0.25) is 6.33 Å². The lowest BCUT2D eigenvalue weighted by atomic mass is 10.2. The molecular formula is C13H10N5+. The maximum Gasteiger partial charge on any atom is 0.353 e. The first-order chi connectivity index (χ1) is 8.93. The summed E-state index contributed by atoms with van der Waals surface area (Å²) < 4.78 is 2.05. The predicted molar refractivity (Wildman–Crippen MR) is 67.3 cm³/mol. The van der Waals surface area contributed by atoms with Crippen LogP contribution in [-0.2, 0) is 0 Å². The molecule has 3 heterocycles. The minimum absolute atomic E-state index is 0.902. The van der Waals surface area contributed by atoms with Gasteiger partial charge in [-0.15, -0.1) is 0 Å². The highest BCUT2D eigenvalue weighted by Gasteiger charge is 2.15. The van der Waals surface area contributed by atoms with Crippen LogP contribution in [0.1, 0.15) is 0 Å². The van der Waals surface area contributed by atoms with Crippen LogP contribution in [0.2, 0.25) is 0 Å². The minimum atomic E-state index is 0.902. The van der Waals surface area contributed by atoms with Gasteiger partial charge in [0.1, 0.15) is 11.0 Å². The van der Waals surface area contributed by atoms with Crippen molar-refractivity contribution in [1.29, 1.82) is 0 Å². The average molecular weight is 236 g/mol. The summed E-state index contributed by atoms with van der Waals surface area (Å²) in [6, 6.07) is 10.0. The molecule has 0 aliphatic heterocycles. The zero-order valence-electron chi connectivity index (χ0n) is 9.46. The summed E-state index contributed by atoms with van der Waals surface area (Å²) in [6.07, 6.45) is 5.41. The highest BCUT2D eigenvalue weighted by Crippen LogP contribution is 2.15. The summed E-state index contributed by atoms with van der Waals surface area (Å²) in [6.45, 7) is 0. The molecule has 86 valence electrons. The summed E-state index contributed by atoms with van der Waals surface area (Å²) in [5, 5.41) is 0. The van der Waals surface area contributed by atoms with Crippen molar-refractivity contribution in [3.8, 4) is 5.69 Å². The van der Waals surface area contributed by atoms with E-state index in [1.165, 1.54) is 0 Å². The fourth-order valence-corrected chi connectivity index (χ4v) is 2.25. The molecule has 3 aromatic heterocycles. The highest BCUT2D eigenvalue weighted by atomic mass is 15.1. The number of rotatable bonds is 1. The minimum Gasteiger partial charge on any atom is -0.341 e. The molecule has 2 N–H and O–H groups in total. The molecule has 1 aromatic carbocycles. The first-order valence-electron chi connectivity index (χ1n) is 5.70. The van der Waals surface area contributed by atoms with Crippen molar-refractivity contribution in [2.24, 2.45) is 0 Å². The van der Waals surface area contributed by atoms with Gasteiger partial charge >= 0.3 is 5.65 Å². The van der Waals surface area contributed by atoms with Gasteiger partial charge < -0.3 is 9.97 Å². The Morgan fingerprint density at radius 1 is 0.944 bits per heavy atom. The molecule has 0 spiro atoms. The molecule has 5 nitrogen and oxygen atoms in total. The number of hydrogen-bond acceptors (Lipinski definition) is 2. The average Bonchev–Trinajstić information content (AvgIpc) is 3.06. The van der Waals surface area contributed by atoms with Crippen molar-refractivity contribution in [1.82, 2.24) is 19.9 Å². The lowest BCUT2D eigenvalue weighted by Crippen LogP contribution is -2.31. The normalized spacial score (nSPS) is 11.3. The quantitative estimate of drug-likeness (QED) is 0.494. The molecule has 0 radical (unpaired) electrons. The van der Waals surface area contributed by atoms with Gasteiger partial charge in [0.25, 0.3) is 0 Å². The SMILES string of the molecule is c1cc(-[n+]2cccc3[nH]cnc32)c2[nH]cnc2c1. The van der Waals surface area contributed by atoms with Crippen LogP contribution in [-0.4, -0.2) is 19.9 Å². The Labute approximate surface area is 102 Å². The molecule has 4 rings (SSSR count). The molecule has 5 heteroatoms. The number of nitrogens with one attached hydrogen (secondary N) is 2. The molecule has 4 aromatic rings. The Bertz CT molecular complexity index is 770. The Morgan fingerprint density at radius 3 is 2.89 bits per heavy atom. The van der Waals surface area contributed by atoms with Gasteiger partial charge in [-0.05, 0) is 29.2 Å². The number of fused-ring (bicyclic) bond motifs is 2. The van der Waals surface area contributed by atoms with Gasteiger partial charge in [0.05, 0.1) is 18.0 Å². The molecule has 0 fully saturated rings. The molecule has 0 atom stereocenters. The molecule has 0 amide bonds. The molecule has 0 bridgehead atoms. The summed E-state index contributed by atoms with van der Waals surface area (Å²) >= 11 is 0. The Kier molecular flexibility index (Phi) is 1.77. The van der Waals surface area contributed by atoms with Crippen LogP contribution in [0.5, 0.6) is 0 Å². The molecule has 0 aliphatic carbocycles. The van der Waals surface area contributed by atoms with Crippen molar-refractivity contribution >= 4 is 22.2 Å². The van der Waals surface area contributed by atoms with Gasteiger partial charge in [-0.3, -0.25) is 0 Å². The number of benzene rings is 1. The Morgan fingerprint density at radius 2 is 1.89 bits per heavy atom. The van der Waals surface area contributed by atoms with Gasteiger partial charge in [-0.2, -0.15) is 4.57 Å². The monoisotopic (exact) mass is 236 g/mol. The van der Waals surface area contributed by atoms with Crippen LogP contribution >= 0.6 is 0 Å². The van der Waals surface area contributed by atoms with Crippen LogP contribution in [0, 0.1) is 0 Å². The van der Waals surface area contributed by atoms with Crippen LogP contribution in [0.4, 0.5) is 0 Å². The number of nitrogens with zero attached hydrogens (tertiary/aromatic N) is 3. The Hall–Kier alpha value is -2.69. The summed E-state index contributed by atoms with van der Waals surface area (Å²) in [7, 11) is 0. The lowest BCUT2D eigenvalue weighted by molar-refractivity contribution is -0.567. The number of imidazole rings is 2. The van der Waals surface area contributed by atoms with Gasteiger partial charge in [-0.25, -0.2) is 4.98 Å². The second kappa shape index (κ2) is 3.40. The first kappa shape index (κ1) is 9.35. The van der Waals surface area contributed by atoms with Crippen LogP contribution in [0.3, 0.4) is 0 Å². The van der Waals surface area contributed by atoms with E-state index in [2.05, 4.69) is 26.0 Å². The lowest BCUT2D eigenvalue weighted by Gasteiger charge is -2.00. The van der Waals surface area contributed by atoms with E-state index in [4.69, 9.17) is 0 Å². The van der Waals surface area contributed by atoms with E-state index in [1.54, 1.807) is 12.7 Å². The number of pyridine rings is 1. The zero-order valence-corrected chi connectivity index (χ0v) is 9.46. The second-order valence-electron chi connectivity index (χ2n) is 4.09. The van der Waals surface area contributed by atoms with Gasteiger partial charge in [0.15, 0.2) is 5.69 Å². The third-order valence-corrected chi connectivity index (χ3v) is 3.07. The van der Waals surface area contributed by atoms with E-state index >= 15 is 0 Å². The van der Waals surface area contributed by atoms with E-state index in [9.17, 15) is 0 Å². The number of aromatic nitrogens is 5. The van der Waals surface area contributed by atoms with Crippen LogP contribution in [0.15, 0.2) is 49.2 Å². The Balaban J connectivity index is 2.13. The number of hydrogen-bond donors (Lipinski definition) is 2. The van der Waals surface area contributed by atoms with E-state index < -0.39 is 0 Å². The maximum absolute atomic E-state index is 4.36. The topological polar surface area (TPSA) is 61.2 Å². The molecule has 0 unspecified atom stereocenters. The van der Waals surface area contributed by atoms with Crippen LogP contribution < -0.4 is 4.57 Å². The standard InChI is InChI=1S/C13H9N5/c1-3-9-12(16-7-14-9)11(5-1)18-6-2-4-10-13(18)17-8-15-10/h1-8H,(H,14,16)/p+1. The van der Waals surface area contributed by atoms with E-state index in [1.807, 2.05) is 35.0 Å². The largest absolute Gasteiger partial charge is 0.353 e. The maximum atomic E-state index is 4.36. The molecular weight excluding hydrogens is 226 g/mol. The van der Waals surface area contributed by atoms with Crippen molar-refractivity contribution in [3.05, 3.63) is 49.2 Å². The molecule has 0 aliphatic rings. The smallest absolute Gasteiger partial charge is 0.341 e. The van der Waals surface area contributed by atoms with Crippen LogP contribution in [0.25, 0.3) is 27.9 Å². The number of aromatic amines is 2. The predicted octanol–water partition coefficient (Wildman–Crippen LogP) is 1.72. The van der Waals surface area contributed by atoms with Crippen molar-refractivity contribution in [2.75, 3.05) is 0 Å². The van der Waals surface area contributed by atoms with Gasteiger partial charge in [-0.1, -0.05) is 6.07 Å². The summed E-state index contributed by atoms with van der Waals surface area (Å²) in [5.74, 6) is 0. The second-order valence-corrected chi connectivity index (χ2v) is 4.09. The number of para-hydroxylation sites is 1. The van der Waals surface area contributed by atoms with Crippen molar-refractivity contribution < 1.29 is 4.57 Å². The molecule has 0 saturated carbocycles. The van der Waals surface area contributed by atoms with E-state index in [-0.39, 0.29) is 0 Å². The summed E-state index contributed by atoms with van der Waals surface area (Å²) in [5.41, 5.74) is 4.92. The number of H-pyrrole nitrogens is 2. The summed E-state index contributed by atoms with van der Waals surface area (Å²) in [4.78, 5) is 14.9. The van der Waals surface area contributed by atoms with E-state index in [0.29, 0.717) is 0 Å². The van der Waals surface area contributed by atoms with Gasteiger partial charge in [0, 0.05) is 0 Å². The fraction of sp³-hybridized carbons (Fsp3) is 0. The molecule has 0 saturated heterocycles. The van der Waals surface area contributed by atoms with Crippen molar-refractivity contribution in [3.63, 3.8) is 0 Å². The van der Waals surface area contributed by atoms with Crippen molar-refractivity contribution in [2.45, 2.75) is 0 Å². The first-order valence-corrected chi connectivity index (χ1v) is 5.70. The fourth-order valence-electron chi connectivity index (χ4n) is 2.25. The third-order valence-electron chi connectivity index (χ3n) is 3.07. The highest BCUT2D eigenvalue weighted by molar-refractivity contribution is 5.82. The zero-order chi connectivity index (χ0) is 11.9. The molecule has 18 heavy (non-hydrogen) atoms. The van der Waals surface area contributed by atoms with E-state index in [0.717, 1.165) is 27.9 Å².